The van der Waals surface area contributed by atoms with Gasteiger partial charge in [0.25, 0.3) is 0 Å². The largest absolute Gasteiger partial charge is 0.465 e. The lowest BCUT2D eigenvalue weighted by molar-refractivity contribution is -0.149. The van der Waals surface area contributed by atoms with Gasteiger partial charge in [-0.15, -0.1) is 0 Å². The Kier molecular flexibility index (Phi) is 4.54. The molecule has 0 aliphatic heterocycles. The highest BCUT2D eigenvalue weighted by Crippen LogP contribution is 2.00. The maximum Gasteiger partial charge on any atom is 0.316 e. The fourth-order valence-corrected chi connectivity index (χ4v) is 0.568. The number of rotatable bonds is 4. The zero-order valence-electron chi connectivity index (χ0n) is 6.29. The quantitative estimate of drug-likeness (QED) is 0.332. The molecule has 0 aromatic heterocycles. The van der Waals surface area contributed by atoms with Crippen LogP contribution in [0.1, 0.15) is 20.3 Å². The van der Waals surface area contributed by atoms with Gasteiger partial charge < -0.3 is 9.53 Å². The van der Waals surface area contributed by atoms with Gasteiger partial charge in [0.15, 0.2) is 0 Å². The van der Waals surface area contributed by atoms with E-state index in [2.05, 4.69) is 4.74 Å². The molecule has 0 bridgehead atoms. The monoisotopic (exact) mass is 144 g/mol. The second-order valence-corrected chi connectivity index (χ2v) is 1.90. The highest BCUT2D eigenvalue weighted by Gasteiger charge is 2.15. The van der Waals surface area contributed by atoms with Gasteiger partial charge in [0.1, 0.15) is 12.2 Å². The molecular weight excluding hydrogens is 132 g/mol. The van der Waals surface area contributed by atoms with Crippen molar-refractivity contribution in [3.63, 3.8) is 0 Å². The minimum Gasteiger partial charge on any atom is -0.465 e. The van der Waals surface area contributed by atoms with E-state index in [1.165, 1.54) is 0 Å². The summed E-state index contributed by atoms with van der Waals surface area (Å²) in [5.74, 6) is -0.986. The second-order valence-electron chi connectivity index (χ2n) is 1.90. The average Bonchev–Trinajstić information content (AvgIpc) is 1.91. The highest BCUT2D eigenvalue weighted by molar-refractivity contribution is 5.87. The first-order chi connectivity index (χ1) is 4.76. The van der Waals surface area contributed by atoms with E-state index in [1.807, 2.05) is 0 Å². The molecule has 0 unspecified atom stereocenters. The molecule has 0 aliphatic carbocycles. The summed E-state index contributed by atoms with van der Waals surface area (Å²) >= 11 is 0. The highest BCUT2D eigenvalue weighted by atomic mass is 16.5. The van der Waals surface area contributed by atoms with Crippen LogP contribution in [0, 0.1) is 5.92 Å². The van der Waals surface area contributed by atoms with E-state index < -0.39 is 11.9 Å². The number of aldehydes is 1. The SMILES string of the molecule is CCOC(=O)[C@H](C=O)CC. The molecule has 0 aliphatic rings. The van der Waals surface area contributed by atoms with Crippen molar-refractivity contribution in [1.29, 1.82) is 0 Å². The first kappa shape index (κ1) is 9.14. The molecule has 0 N–H and O–H groups in total. The Hall–Kier alpha value is -0.860. The number of carbonyl (C=O) groups excluding carboxylic acids is 2. The van der Waals surface area contributed by atoms with Crippen LogP contribution in [-0.2, 0) is 14.3 Å². The van der Waals surface area contributed by atoms with Gasteiger partial charge >= 0.3 is 5.97 Å². The van der Waals surface area contributed by atoms with E-state index in [4.69, 9.17) is 0 Å². The zero-order valence-corrected chi connectivity index (χ0v) is 6.29. The van der Waals surface area contributed by atoms with Gasteiger partial charge in [-0.3, -0.25) is 4.79 Å². The molecule has 1 atom stereocenters. The molecule has 0 fully saturated rings. The van der Waals surface area contributed by atoms with Crippen molar-refractivity contribution in [2.24, 2.45) is 5.92 Å². The Bertz CT molecular complexity index is 120. The van der Waals surface area contributed by atoms with Gasteiger partial charge in [-0.2, -0.15) is 0 Å². The summed E-state index contributed by atoms with van der Waals surface area (Å²) in [5, 5.41) is 0. The topological polar surface area (TPSA) is 43.4 Å². The third kappa shape index (κ3) is 2.62. The maximum absolute atomic E-state index is 10.8. The van der Waals surface area contributed by atoms with Crippen molar-refractivity contribution in [3.05, 3.63) is 0 Å². The van der Waals surface area contributed by atoms with Gasteiger partial charge in [-0.25, -0.2) is 0 Å². The fourth-order valence-electron chi connectivity index (χ4n) is 0.568. The summed E-state index contributed by atoms with van der Waals surface area (Å²) in [6.45, 7) is 3.83. The Morgan fingerprint density at radius 2 is 2.20 bits per heavy atom. The molecule has 0 heterocycles. The molecule has 0 aromatic rings. The van der Waals surface area contributed by atoms with Gasteiger partial charge in [-0.1, -0.05) is 6.92 Å². The normalized spacial score (nSPS) is 12.2. The lowest BCUT2D eigenvalue weighted by Gasteiger charge is -2.04. The molecule has 0 rings (SSSR count). The lowest BCUT2D eigenvalue weighted by atomic mass is 10.1. The summed E-state index contributed by atoms with van der Waals surface area (Å²) in [6, 6.07) is 0. The van der Waals surface area contributed by atoms with E-state index in [0.717, 1.165) is 0 Å². The van der Waals surface area contributed by atoms with Crippen molar-refractivity contribution in [2.45, 2.75) is 20.3 Å². The van der Waals surface area contributed by atoms with Crippen LogP contribution in [-0.4, -0.2) is 18.9 Å². The van der Waals surface area contributed by atoms with E-state index >= 15 is 0 Å². The van der Waals surface area contributed by atoms with Crippen molar-refractivity contribution >= 4 is 12.3 Å². The fraction of sp³-hybridized carbons (Fsp3) is 0.714. The van der Waals surface area contributed by atoms with Crippen LogP contribution in [0.4, 0.5) is 0 Å². The number of carbonyl (C=O) groups is 2. The molecular formula is C7H12O3. The summed E-state index contributed by atoms with van der Waals surface area (Å²) in [7, 11) is 0. The Morgan fingerprint density at radius 3 is 2.50 bits per heavy atom. The maximum atomic E-state index is 10.8. The van der Waals surface area contributed by atoms with Gasteiger partial charge in [0, 0.05) is 0 Å². The first-order valence-corrected chi connectivity index (χ1v) is 3.38. The van der Waals surface area contributed by atoms with Crippen molar-refractivity contribution < 1.29 is 14.3 Å². The van der Waals surface area contributed by atoms with Crippen molar-refractivity contribution in [1.82, 2.24) is 0 Å². The van der Waals surface area contributed by atoms with E-state index in [-0.39, 0.29) is 0 Å². The van der Waals surface area contributed by atoms with Crippen LogP contribution in [0.2, 0.25) is 0 Å². The molecule has 0 saturated heterocycles. The molecule has 0 aromatic carbocycles. The summed E-state index contributed by atoms with van der Waals surface area (Å²) in [4.78, 5) is 20.9. The third-order valence-corrected chi connectivity index (χ3v) is 1.19. The second kappa shape index (κ2) is 4.97. The molecule has 0 saturated carbocycles. The Balaban J connectivity index is 3.76. The van der Waals surface area contributed by atoms with Crippen LogP contribution in [0.15, 0.2) is 0 Å². The molecule has 0 amide bonds. The van der Waals surface area contributed by atoms with Crippen molar-refractivity contribution in [2.75, 3.05) is 6.61 Å². The summed E-state index contributed by atoms with van der Waals surface area (Å²) < 4.78 is 4.62. The Labute approximate surface area is 60.4 Å². The lowest BCUT2D eigenvalue weighted by Crippen LogP contribution is -2.17. The van der Waals surface area contributed by atoms with E-state index in [9.17, 15) is 9.59 Å². The number of hydrogen-bond acceptors (Lipinski definition) is 3. The minimum absolute atomic E-state index is 0.336. The van der Waals surface area contributed by atoms with E-state index in [1.54, 1.807) is 13.8 Å². The standard InChI is InChI=1S/C7H12O3/c1-3-6(5-8)7(9)10-4-2/h5-6H,3-4H2,1-2H3/t6-/m0/s1. The van der Waals surface area contributed by atoms with Crippen LogP contribution in [0.5, 0.6) is 0 Å². The number of hydrogen-bond donors (Lipinski definition) is 0. The zero-order chi connectivity index (χ0) is 7.98. The van der Waals surface area contributed by atoms with Crippen LogP contribution < -0.4 is 0 Å². The van der Waals surface area contributed by atoms with E-state index in [0.29, 0.717) is 19.3 Å². The van der Waals surface area contributed by atoms with Crippen LogP contribution >= 0.6 is 0 Å². The van der Waals surface area contributed by atoms with Crippen molar-refractivity contribution in [3.8, 4) is 0 Å². The average molecular weight is 144 g/mol. The summed E-state index contributed by atoms with van der Waals surface area (Å²) in [5.41, 5.74) is 0. The molecule has 3 nitrogen and oxygen atoms in total. The van der Waals surface area contributed by atoms with Gasteiger partial charge in [-0.05, 0) is 13.3 Å². The molecule has 10 heavy (non-hydrogen) atoms. The molecule has 58 valence electrons. The molecule has 3 heteroatoms. The third-order valence-electron chi connectivity index (χ3n) is 1.19. The summed E-state index contributed by atoms with van der Waals surface area (Å²) in [6.07, 6.45) is 1.14. The van der Waals surface area contributed by atoms with Gasteiger partial charge in [0.2, 0.25) is 0 Å². The predicted octanol–water partition coefficient (Wildman–Crippen LogP) is 0.775. The number of ether oxygens (including phenoxy) is 1. The molecule has 0 radical (unpaired) electrons. The predicted molar refractivity (Wildman–Crippen MR) is 36.5 cm³/mol. The minimum atomic E-state index is -0.569. The smallest absolute Gasteiger partial charge is 0.316 e. The first-order valence-electron chi connectivity index (χ1n) is 3.38. The van der Waals surface area contributed by atoms with Crippen LogP contribution in [0.3, 0.4) is 0 Å². The Morgan fingerprint density at radius 1 is 1.60 bits per heavy atom. The molecule has 0 spiro atoms. The number of esters is 1. The van der Waals surface area contributed by atoms with Crippen LogP contribution in [0.25, 0.3) is 0 Å². The van der Waals surface area contributed by atoms with Gasteiger partial charge in [0.05, 0.1) is 6.61 Å².